The highest BCUT2D eigenvalue weighted by atomic mass is 19.4. The number of carbonyl (C=O) groups is 11. The fourth-order valence-electron chi connectivity index (χ4n) is 17.7. The molecule has 5 aliphatic carbocycles. The molecule has 15 atom stereocenters. The van der Waals surface area contributed by atoms with Crippen LogP contribution in [-0.4, -0.2) is 264 Å². The molecule has 8 aliphatic rings. The van der Waals surface area contributed by atoms with Crippen molar-refractivity contribution >= 4 is 65.0 Å². The van der Waals surface area contributed by atoms with E-state index in [0.717, 1.165) is 43.4 Å². The third kappa shape index (κ3) is 19.8. The molecule has 3 heterocycles. The van der Waals surface area contributed by atoms with E-state index in [-0.39, 0.29) is 114 Å². The summed E-state index contributed by atoms with van der Waals surface area (Å²) in [6.45, 7) is 7.48. The quantitative estimate of drug-likeness (QED) is 0.129. The molecule has 29 heteroatoms. The molecule has 11 amide bonds. The lowest BCUT2D eigenvalue weighted by Gasteiger charge is -2.46. The molecule has 2 bridgehead atoms. The van der Waals surface area contributed by atoms with Crippen molar-refractivity contribution in [3.05, 3.63) is 12.2 Å². The van der Waals surface area contributed by atoms with Gasteiger partial charge in [0, 0.05) is 80.9 Å². The number of nitrogens with one attached hydrogen (secondary N) is 3. The molecule has 7 fully saturated rings. The maximum atomic E-state index is 15.5. The predicted molar refractivity (Wildman–Crippen MR) is 375 cm³/mol. The minimum atomic E-state index is -5.17. The van der Waals surface area contributed by atoms with Crippen LogP contribution in [0.4, 0.5) is 26.3 Å². The lowest BCUT2D eigenvalue weighted by molar-refractivity contribution is -0.219. The van der Waals surface area contributed by atoms with Gasteiger partial charge in [0.2, 0.25) is 65.0 Å². The monoisotopic (exact) mass is 1480 g/mol. The van der Waals surface area contributed by atoms with E-state index < -0.39 is 200 Å². The highest BCUT2D eigenvalue weighted by Crippen LogP contribution is 2.45. The van der Waals surface area contributed by atoms with Crippen molar-refractivity contribution in [3.63, 3.8) is 0 Å². The van der Waals surface area contributed by atoms with Crippen LogP contribution in [-0.2, 0) is 57.5 Å². The van der Waals surface area contributed by atoms with Crippen molar-refractivity contribution in [1.82, 2.24) is 55.1 Å². The zero-order chi connectivity index (χ0) is 76.4. The number of amides is 11. The van der Waals surface area contributed by atoms with E-state index in [1.165, 1.54) is 69.5 Å². The Morgan fingerprint density at radius 3 is 1.87 bits per heavy atom. The van der Waals surface area contributed by atoms with Crippen molar-refractivity contribution in [2.24, 2.45) is 41.4 Å². The van der Waals surface area contributed by atoms with Gasteiger partial charge in [0.05, 0.1) is 19.2 Å². The van der Waals surface area contributed by atoms with Gasteiger partial charge < -0.3 is 59.9 Å². The Balaban J connectivity index is 1.18. The number of hydrogen-bond donors (Lipinski definition) is 3. The van der Waals surface area contributed by atoms with Gasteiger partial charge in [-0.15, -0.1) is 0 Å². The molecule has 3 aliphatic heterocycles. The Morgan fingerprint density at radius 2 is 1.26 bits per heavy atom. The van der Waals surface area contributed by atoms with Gasteiger partial charge in [-0.05, 0) is 152 Å². The Labute approximate surface area is 610 Å². The smallest absolute Gasteiger partial charge is 0.377 e. The first-order valence-corrected chi connectivity index (χ1v) is 38.4. The minimum Gasteiger partial charge on any atom is -0.377 e. The standard InChI is InChI=1S/C75H117F6N11O12/c1-12-44(3)64-71(101)86(7)43-62(95)88(9)56-26-15-14-20-33-91(70(56)100)59(39-50-28-29-51(76)34-45(50)4)69(99)85(6)42-60(93)82-55(30-27-48-36-53(77)63(54(78)37-48)75(79,80)81)68(98)92-41-52(104-13-2)40-58(92)67(97)84-74(31-21-32-74)73(103)90(11)65(49-24-18-19-25-49)72(102)87(8)46(5)35-61(94)89(10)57(66(96)83-64)38-47-22-16-17-23-47/h14-15,44-59,63-65H,12-13,16-43H2,1-11H3,(H,82,93)(H,83,96)(H,84,97)/b15-14-/t44-,45?,46+,48?,50?,51?,52+,53?,54?,55-,56-,57-,58-,59-,63?,64-,65-/m0/s1. The van der Waals surface area contributed by atoms with E-state index in [2.05, 4.69) is 16.0 Å². The zero-order valence-electron chi connectivity index (χ0n) is 63.1. The van der Waals surface area contributed by atoms with Crippen LogP contribution in [0.15, 0.2) is 12.2 Å². The summed E-state index contributed by atoms with van der Waals surface area (Å²) < 4.78 is 93.8. The van der Waals surface area contributed by atoms with E-state index in [4.69, 9.17) is 4.74 Å². The van der Waals surface area contributed by atoms with Crippen molar-refractivity contribution in [1.29, 1.82) is 0 Å². The average molecular weight is 1480 g/mol. The molecule has 0 aromatic heterocycles. The lowest BCUT2D eigenvalue weighted by atomic mass is 9.74. The number of likely N-dealkylation sites (N-methyl/N-ethyl adjacent to an activating group) is 6. The summed E-state index contributed by atoms with van der Waals surface area (Å²) in [5.74, 6) is -12.4. The van der Waals surface area contributed by atoms with Crippen LogP contribution in [0.3, 0.4) is 0 Å². The predicted octanol–water partition coefficient (Wildman–Crippen LogP) is 7.22. The number of fused-ring (bicyclic) bond motifs is 3. The third-order valence-corrected chi connectivity index (χ3v) is 24.8. The molecule has 0 aromatic carbocycles. The molecule has 2 saturated heterocycles. The normalized spacial score (nSPS) is 34.3. The SMILES string of the molecule is CCO[C@@H]1C[C@H]2C(=O)NC3(CCC3)C(=O)N(C)[C@@H](C3CCCC3)C(=O)N(C)[C@H](C)CC(=O)N(C)[C@@H](CC3CCCC3)C(=O)N[C@@H]([C@@H](C)CC)C(=O)N(C)CC(=O)N(C)[C@H]3C/C=C\CCN(C3=O)[C@@H](CC3CCC(F)CC3C)C(=O)N(C)CC(=O)N[C@@H](CCC3CC(F)C(C(F)(F)F)C(F)C3)C(=O)N2C1. The summed E-state index contributed by atoms with van der Waals surface area (Å²) in [4.78, 5) is 176. The number of carbonyl (C=O) groups excluding carboxylic acids is 11. The Bertz CT molecular complexity index is 3070. The van der Waals surface area contributed by atoms with E-state index in [1.54, 1.807) is 40.0 Å². The van der Waals surface area contributed by atoms with Crippen LogP contribution in [0.25, 0.3) is 0 Å². The number of ether oxygens (including phenoxy) is 1. The van der Waals surface area contributed by atoms with Crippen molar-refractivity contribution in [2.45, 2.75) is 280 Å². The molecule has 5 unspecified atom stereocenters. The highest BCUT2D eigenvalue weighted by molar-refractivity contribution is 6.00. The maximum Gasteiger partial charge on any atom is 0.397 e. The van der Waals surface area contributed by atoms with E-state index in [0.29, 0.717) is 32.1 Å². The zero-order valence-corrected chi connectivity index (χ0v) is 63.1. The third-order valence-electron chi connectivity index (χ3n) is 24.8. The van der Waals surface area contributed by atoms with E-state index in [1.807, 2.05) is 13.8 Å². The number of halogens is 6. The molecular formula is C75H117F6N11O12. The number of rotatable bonds is 12. The van der Waals surface area contributed by atoms with Gasteiger partial charge >= 0.3 is 6.18 Å². The first-order chi connectivity index (χ1) is 49.1. The van der Waals surface area contributed by atoms with Gasteiger partial charge in [-0.2, -0.15) is 13.2 Å². The van der Waals surface area contributed by atoms with Crippen LogP contribution >= 0.6 is 0 Å². The summed E-state index contributed by atoms with van der Waals surface area (Å²) >= 11 is 0. The van der Waals surface area contributed by atoms with Crippen LogP contribution < -0.4 is 16.0 Å². The number of alkyl halides is 6. The highest BCUT2D eigenvalue weighted by Gasteiger charge is 2.56. The first-order valence-electron chi connectivity index (χ1n) is 38.4. The Kier molecular flexibility index (Phi) is 29.1. The van der Waals surface area contributed by atoms with Crippen LogP contribution in [0.5, 0.6) is 0 Å². The minimum absolute atomic E-state index is 0.0113. The molecule has 1 spiro atoms. The summed E-state index contributed by atoms with van der Waals surface area (Å²) in [7, 11) is 8.75. The Hall–Kier alpha value is -6.55. The number of nitrogens with zero attached hydrogens (tertiary/aromatic N) is 8. The van der Waals surface area contributed by atoms with Gasteiger partial charge in [-0.3, -0.25) is 52.7 Å². The van der Waals surface area contributed by atoms with Crippen molar-refractivity contribution in [2.75, 3.05) is 75.1 Å². The van der Waals surface area contributed by atoms with Gasteiger partial charge in [0.25, 0.3) is 0 Å². The van der Waals surface area contributed by atoms with E-state index in [9.17, 15) is 37.1 Å². The fraction of sp³-hybridized carbons (Fsp3) is 0.827. The van der Waals surface area contributed by atoms with Gasteiger partial charge in [0.15, 0.2) is 0 Å². The van der Waals surface area contributed by atoms with Crippen molar-refractivity contribution < 1.29 is 83.8 Å². The van der Waals surface area contributed by atoms with Crippen LogP contribution in [0.2, 0.25) is 0 Å². The molecular weight excluding hydrogens is 1360 g/mol. The lowest BCUT2D eigenvalue weighted by Crippen LogP contribution is -2.68. The molecule has 8 rings (SSSR count). The maximum absolute atomic E-state index is 15.5. The molecule has 3 N–H and O–H groups in total. The van der Waals surface area contributed by atoms with Crippen molar-refractivity contribution in [3.8, 4) is 0 Å². The van der Waals surface area contributed by atoms with Crippen LogP contribution in [0.1, 0.15) is 195 Å². The largest absolute Gasteiger partial charge is 0.397 e. The van der Waals surface area contributed by atoms with Gasteiger partial charge in [0.1, 0.15) is 72.3 Å². The van der Waals surface area contributed by atoms with Gasteiger partial charge in [-0.25, -0.2) is 13.2 Å². The summed E-state index contributed by atoms with van der Waals surface area (Å²) in [5, 5.41) is 8.68. The molecule has 23 nitrogen and oxygen atoms in total. The molecule has 104 heavy (non-hydrogen) atoms. The molecule has 0 aromatic rings. The second kappa shape index (κ2) is 36.4. The Morgan fingerprint density at radius 1 is 0.615 bits per heavy atom. The summed E-state index contributed by atoms with van der Waals surface area (Å²) in [6.07, 6.45) is -2.36. The topological polar surface area (TPSA) is 259 Å². The van der Waals surface area contributed by atoms with E-state index >= 15 is 41.9 Å². The average Bonchev–Trinajstić information content (AvgIpc) is 1.18. The summed E-state index contributed by atoms with van der Waals surface area (Å²) in [6, 6.07) is -9.60. The second-order valence-corrected chi connectivity index (χ2v) is 31.9. The first kappa shape index (κ1) is 83.1. The second-order valence-electron chi connectivity index (χ2n) is 31.9. The molecule has 586 valence electrons. The number of hydrogen-bond acceptors (Lipinski definition) is 12. The molecule has 5 saturated carbocycles. The molecule has 0 radical (unpaired) electrons. The summed E-state index contributed by atoms with van der Waals surface area (Å²) in [5.41, 5.74) is -1.57. The van der Waals surface area contributed by atoms with Crippen LogP contribution in [0, 0.1) is 41.4 Å². The van der Waals surface area contributed by atoms with Gasteiger partial charge in [-0.1, -0.05) is 77.9 Å². The fourth-order valence-corrected chi connectivity index (χ4v) is 17.7.